The molecule has 1 fully saturated rings. The van der Waals surface area contributed by atoms with Gasteiger partial charge in [0.25, 0.3) is 0 Å². The molecule has 0 amide bonds. The molecule has 0 heterocycles. The second-order valence-electron chi connectivity index (χ2n) is 1.72. The molecule has 1 aliphatic carbocycles. The molecule has 1 nitrogen and oxygen atoms in total. The van der Waals surface area contributed by atoms with Crippen molar-refractivity contribution in [3.63, 3.8) is 0 Å². The van der Waals surface area contributed by atoms with Crippen LogP contribution < -0.4 is 5.32 Å². The van der Waals surface area contributed by atoms with Gasteiger partial charge < -0.3 is 0 Å². The summed E-state index contributed by atoms with van der Waals surface area (Å²) in [6.07, 6.45) is 1.40. The quantitative estimate of drug-likeness (QED) is 0.518. The summed E-state index contributed by atoms with van der Waals surface area (Å²) in [5.74, 6) is -0.958. The Bertz CT molecular complexity index is 62.7. The number of rotatable bonds is 1. The van der Waals surface area contributed by atoms with Gasteiger partial charge in [0.05, 0.1) is 0 Å². The maximum Gasteiger partial charge on any atom is 0.161 e. The fourth-order valence-electron chi connectivity index (χ4n) is 0.360. The second kappa shape index (κ2) is 1.97. The molecule has 1 aliphatic rings. The molecular weight excluding hydrogens is 117 g/mol. The van der Waals surface area contributed by atoms with Gasteiger partial charge in [-0.25, -0.2) is 4.39 Å². The maximum absolute atomic E-state index is 12.1. The predicted octanol–water partition coefficient (Wildman–Crippen LogP) is 1.09. The van der Waals surface area contributed by atoms with Crippen LogP contribution in [-0.2, 0) is 0 Å². The molecule has 0 radical (unpaired) electrons. The lowest BCUT2D eigenvalue weighted by molar-refractivity contribution is 0.265. The van der Waals surface area contributed by atoms with Crippen LogP contribution in [0.3, 0.4) is 0 Å². The van der Waals surface area contributed by atoms with Crippen LogP contribution >= 0.6 is 12.4 Å². The van der Waals surface area contributed by atoms with Gasteiger partial charge >= 0.3 is 0 Å². The van der Waals surface area contributed by atoms with E-state index < -0.39 is 5.79 Å². The van der Waals surface area contributed by atoms with E-state index in [1.54, 1.807) is 7.05 Å². The van der Waals surface area contributed by atoms with Gasteiger partial charge in [-0.15, -0.1) is 12.4 Å². The summed E-state index contributed by atoms with van der Waals surface area (Å²) in [6.45, 7) is 0. The van der Waals surface area contributed by atoms with Crippen LogP contribution in [0.1, 0.15) is 12.8 Å². The van der Waals surface area contributed by atoms with E-state index in [0.717, 1.165) is 0 Å². The number of halogens is 2. The minimum Gasteiger partial charge on any atom is -0.288 e. The van der Waals surface area contributed by atoms with E-state index >= 15 is 0 Å². The molecule has 1 rings (SSSR count). The van der Waals surface area contributed by atoms with Crippen LogP contribution in [0, 0.1) is 0 Å². The van der Waals surface area contributed by atoms with Crippen LogP contribution in [0.25, 0.3) is 0 Å². The van der Waals surface area contributed by atoms with Gasteiger partial charge in [0.2, 0.25) is 0 Å². The van der Waals surface area contributed by atoms with Gasteiger partial charge in [-0.1, -0.05) is 0 Å². The Labute approximate surface area is 48.7 Å². The van der Waals surface area contributed by atoms with Gasteiger partial charge in [0.1, 0.15) is 0 Å². The normalized spacial score (nSPS) is 23.1. The van der Waals surface area contributed by atoms with E-state index in [4.69, 9.17) is 0 Å². The smallest absolute Gasteiger partial charge is 0.161 e. The molecule has 1 N–H and O–H groups in total. The highest BCUT2D eigenvalue weighted by Crippen LogP contribution is 2.35. The zero-order valence-corrected chi connectivity index (χ0v) is 5.02. The van der Waals surface area contributed by atoms with Crippen LogP contribution in [0.2, 0.25) is 0 Å². The maximum atomic E-state index is 12.1. The third-order valence-electron chi connectivity index (χ3n) is 1.14. The molecule has 0 aromatic rings. The van der Waals surface area contributed by atoms with E-state index in [9.17, 15) is 4.39 Å². The van der Waals surface area contributed by atoms with Crippen LogP contribution in [-0.4, -0.2) is 12.8 Å². The van der Waals surface area contributed by atoms with Gasteiger partial charge in [-0.3, -0.25) is 5.32 Å². The predicted molar refractivity (Wildman–Crippen MR) is 29.4 cm³/mol. The standard InChI is InChI=1S/C4H8FN.ClH/c1-6-4(5)2-3-4;/h6H,2-3H2,1H3;1H. The molecule has 0 unspecified atom stereocenters. The first-order chi connectivity index (χ1) is 2.77. The first-order valence-corrected chi connectivity index (χ1v) is 2.15. The average molecular weight is 126 g/mol. The molecule has 0 aliphatic heterocycles. The van der Waals surface area contributed by atoms with Gasteiger partial charge in [-0.05, 0) is 19.9 Å². The molecule has 3 heteroatoms. The fourth-order valence-corrected chi connectivity index (χ4v) is 0.360. The Hall–Kier alpha value is 0.180. The summed E-state index contributed by atoms with van der Waals surface area (Å²) in [7, 11) is 1.65. The molecule has 7 heavy (non-hydrogen) atoms. The van der Waals surface area contributed by atoms with Crippen molar-refractivity contribution in [2.75, 3.05) is 7.05 Å². The molecule has 0 spiro atoms. The third kappa shape index (κ3) is 1.61. The summed E-state index contributed by atoms with van der Waals surface area (Å²) >= 11 is 0. The van der Waals surface area contributed by atoms with E-state index in [1.807, 2.05) is 0 Å². The fraction of sp³-hybridized carbons (Fsp3) is 1.00. The van der Waals surface area contributed by atoms with Crippen LogP contribution in [0.4, 0.5) is 4.39 Å². The van der Waals surface area contributed by atoms with Crippen molar-refractivity contribution in [1.29, 1.82) is 0 Å². The summed E-state index contributed by atoms with van der Waals surface area (Å²) < 4.78 is 12.1. The third-order valence-corrected chi connectivity index (χ3v) is 1.14. The minimum absolute atomic E-state index is 0. The lowest BCUT2D eigenvalue weighted by atomic mass is 10.7. The Kier molecular flexibility index (Phi) is 2.02. The van der Waals surface area contributed by atoms with E-state index in [-0.39, 0.29) is 12.4 Å². The Morgan fingerprint density at radius 2 is 2.00 bits per heavy atom. The lowest BCUT2D eigenvalue weighted by Crippen LogP contribution is -2.20. The van der Waals surface area contributed by atoms with Crippen LogP contribution in [0.5, 0.6) is 0 Å². The zero-order chi connectivity index (χ0) is 4.62. The largest absolute Gasteiger partial charge is 0.288 e. The highest BCUT2D eigenvalue weighted by atomic mass is 35.5. The van der Waals surface area contributed by atoms with Crippen molar-refractivity contribution in [2.24, 2.45) is 0 Å². The number of hydrogen-bond donors (Lipinski definition) is 1. The number of alkyl halides is 1. The molecule has 0 atom stereocenters. The monoisotopic (exact) mass is 125 g/mol. The van der Waals surface area contributed by atoms with Crippen molar-refractivity contribution >= 4 is 12.4 Å². The number of nitrogens with one attached hydrogen (secondary N) is 1. The topological polar surface area (TPSA) is 12.0 Å². The SMILES string of the molecule is CNC1(F)CC1.Cl. The Balaban J connectivity index is 0.000000360. The first kappa shape index (κ1) is 7.18. The highest BCUT2D eigenvalue weighted by molar-refractivity contribution is 5.85. The van der Waals surface area contributed by atoms with E-state index in [0.29, 0.717) is 12.8 Å². The van der Waals surface area contributed by atoms with Crippen molar-refractivity contribution in [1.82, 2.24) is 5.32 Å². The van der Waals surface area contributed by atoms with Crippen molar-refractivity contribution in [2.45, 2.75) is 18.6 Å². The first-order valence-electron chi connectivity index (χ1n) is 2.15. The second-order valence-corrected chi connectivity index (χ2v) is 1.72. The van der Waals surface area contributed by atoms with Gasteiger partial charge in [0, 0.05) is 0 Å². The van der Waals surface area contributed by atoms with E-state index in [2.05, 4.69) is 5.32 Å². The van der Waals surface area contributed by atoms with Crippen LogP contribution in [0.15, 0.2) is 0 Å². The molecule has 0 aromatic carbocycles. The molecule has 44 valence electrons. The lowest BCUT2D eigenvalue weighted by Gasteiger charge is -1.96. The molecular formula is C4H9ClFN. The molecule has 0 saturated heterocycles. The summed E-state index contributed by atoms with van der Waals surface area (Å²) in [6, 6.07) is 0. The average Bonchev–Trinajstić information content (AvgIpc) is 2.22. The van der Waals surface area contributed by atoms with Crippen molar-refractivity contribution in [3.8, 4) is 0 Å². The molecule has 0 aromatic heterocycles. The Morgan fingerprint density at radius 1 is 1.57 bits per heavy atom. The van der Waals surface area contributed by atoms with Gasteiger partial charge in [0.15, 0.2) is 5.79 Å². The highest BCUT2D eigenvalue weighted by Gasteiger charge is 2.41. The summed E-state index contributed by atoms with van der Waals surface area (Å²) in [4.78, 5) is 0. The zero-order valence-electron chi connectivity index (χ0n) is 4.20. The molecule has 0 bridgehead atoms. The Morgan fingerprint density at radius 3 is 2.00 bits per heavy atom. The number of hydrogen-bond acceptors (Lipinski definition) is 1. The summed E-state index contributed by atoms with van der Waals surface area (Å²) in [5.41, 5.74) is 0. The van der Waals surface area contributed by atoms with Crippen molar-refractivity contribution in [3.05, 3.63) is 0 Å². The van der Waals surface area contributed by atoms with Gasteiger partial charge in [-0.2, -0.15) is 0 Å². The molecule has 1 saturated carbocycles. The minimum atomic E-state index is -0.958. The van der Waals surface area contributed by atoms with E-state index in [1.165, 1.54) is 0 Å². The van der Waals surface area contributed by atoms with Crippen molar-refractivity contribution < 1.29 is 4.39 Å². The summed E-state index contributed by atoms with van der Waals surface area (Å²) in [5, 5.41) is 2.55.